The SMILES string of the molecule is Fc1ccccc1-c1cccc2cccc(-c3cccc(N(c4ccc(-c5ccccc5-c5ccccc5)cc4)c4ccccc4-c4cc5ccccc5c5ccccc45)c3)c12. The molecule has 0 spiro atoms. The molecule has 0 saturated carbocycles. The zero-order chi connectivity index (χ0) is 41.4. The maximum atomic E-state index is 15.5. The van der Waals surface area contributed by atoms with Gasteiger partial charge in [0.2, 0.25) is 0 Å². The molecule has 11 aromatic rings. The second kappa shape index (κ2) is 15.8. The fourth-order valence-electron chi connectivity index (χ4n) is 9.29. The molecule has 11 rings (SSSR count). The molecule has 0 aliphatic heterocycles. The van der Waals surface area contributed by atoms with E-state index in [9.17, 15) is 0 Å². The fourth-order valence-corrected chi connectivity index (χ4v) is 9.29. The number of benzene rings is 11. The third-order valence-corrected chi connectivity index (χ3v) is 12.1. The van der Waals surface area contributed by atoms with Crippen molar-refractivity contribution in [3.8, 4) is 55.6 Å². The topological polar surface area (TPSA) is 3.24 Å². The van der Waals surface area contributed by atoms with Crippen molar-refractivity contribution in [2.75, 3.05) is 4.90 Å². The number of rotatable bonds is 8. The minimum Gasteiger partial charge on any atom is -0.310 e. The predicted molar refractivity (Wildman–Crippen MR) is 261 cm³/mol. The normalized spacial score (nSPS) is 11.3. The maximum absolute atomic E-state index is 15.5. The van der Waals surface area contributed by atoms with Crippen LogP contribution in [0.15, 0.2) is 243 Å². The number of halogens is 1. The molecule has 0 saturated heterocycles. The van der Waals surface area contributed by atoms with Crippen LogP contribution in [0.3, 0.4) is 0 Å². The summed E-state index contributed by atoms with van der Waals surface area (Å²) in [5, 5.41) is 6.96. The molecule has 1 nitrogen and oxygen atoms in total. The van der Waals surface area contributed by atoms with E-state index in [2.05, 4.69) is 211 Å². The second-order valence-electron chi connectivity index (χ2n) is 15.7. The molecular formula is C60H40FN. The third kappa shape index (κ3) is 6.59. The van der Waals surface area contributed by atoms with Crippen LogP contribution in [0.25, 0.3) is 88.0 Å². The minimum absolute atomic E-state index is 0.234. The Morgan fingerprint density at radius 2 is 0.806 bits per heavy atom. The second-order valence-corrected chi connectivity index (χ2v) is 15.7. The molecule has 0 N–H and O–H groups in total. The van der Waals surface area contributed by atoms with Crippen molar-refractivity contribution >= 4 is 49.4 Å². The largest absolute Gasteiger partial charge is 0.310 e. The van der Waals surface area contributed by atoms with Gasteiger partial charge in [-0.25, -0.2) is 4.39 Å². The molecule has 0 atom stereocenters. The zero-order valence-corrected chi connectivity index (χ0v) is 33.9. The van der Waals surface area contributed by atoms with Crippen LogP contribution >= 0.6 is 0 Å². The molecule has 0 aliphatic carbocycles. The van der Waals surface area contributed by atoms with Crippen LogP contribution in [0.2, 0.25) is 0 Å². The van der Waals surface area contributed by atoms with Gasteiger partial charge in [0, 0.05) is 22.5 Å². The molecule has 2 heteroatoms. The van der Waals surface area contributed by atoms with Gasteiger partial charge in [0.15, 0.2) is 0 Å². The predicted octanol–water partition coefficient (Wildman–Crippen LogP) is 17.1. The molecular weight excluding hydrogens is 754 g/mol. The molecule has 0 aromatic heterocycles. The number of anilines is 3. The summed E-state index contributed by atoms with van der Waals surface area (Å²) in [6, 6.07) is 85.1. The number of hydrogen-bond acceptors (Lipinski definition) is 1. The van der Waals surface area contributed by atoms with E-state index in [1.807, 2.05) is 24.3 Å². The van der Waals surface area contributed by atoms with E-state index in [1.54, 1.807) is 6.07 Å². The highest BCUT2D eigenvalue weighted by molar-refractivity contribution is 6.15. The quantitative estimate of drug-likeness (QED) is 0.139. The summed E-state index contributed by atoms with van der Waals surface area (Å²) >= 11 is 0. The Morgan fingerprint density at radius 3 is 1.56 bits per heavy atom. The van der Waals surface area contributed by atoms with Gasteiger partial charge in [-0.2, -0.15) is 0 Å². The molecule has 0 radical (unpaired) electrons. The van der Waals surface area contributed by atoms with Gasteiger partial charge in [0.1, 0.15) is 5.82 Å². The summed E-state index contributed by atoms with van der Waals surface area (Å²) in [6.07, 6.45) is 0. The minimum atomic E-state index is -0.234. The molecule has 0 unspecified atom stereocenters. The van der Waals surface area contributed by atoms with Gasteiger partial charge in [0.25, 0.3) is 0 Å². The Labute approximate surface area is 361 Å². The Kier molecular flexibility index (Phi) is 9.44. The maximum Gasteiger partial charge on any atom is 0.131 e. The standard InChI is InChI=1S/C60H40FN/c61-58-33-12-10-29-54(58)56-32-16-21-43-20-15-31-51(60(43)56)44-22-14-23-47(39-44)62(46-37-35-42(36-38-46)49-25-7-6-24-48(49)41-17-2-1-3-18-41)59-34-13-11-30-55(59)57-40-45-19-4-5-26-50(45)52-27-8-9-28-53(52)57/h1-40H. The molecule has 0 amide bonds. The van der Waals surface area contributed by atoms with Gasteiger partial charge in [0.05, 0.1) is 5.69 Å². The van der Waals surface area contributed by atoms with E-state index in [-0.39, 0.29) is 5.82 Å². The summed E-state index contributed by atoms with van der Waals surface area (Å²) in [5.41, 5.74) is 13.7. The summed E-state index contributed by atoms with van der Waals surface area (Å²) < 4.78 is 15.5. The van der Waals surface area contributed by atoms with Crippen molar-refractivity contribution in [1.29, 1.82) is 0 Å². The van der Waals surface area contributed by atoms with E-state index in [4.69, 9.17) is 0 Å². The van der Waals surface area contributed by atoms with Gasteiger partial charge < -0.3 is 4.90 Å². The first-order valence-electron chi connectivity index (χ1n) is 21.1. The van der Waals surface area contributed by atoms with Crippen LogP contribution in [0.5, 0.6) is 0 Å². The number of para-hydroxylation sites is 1. The average molecular weight is 794 g/mol. The van der Waals surface area contributed by atoms with Crippen molar-refractivity contribution in [3.05, 3.63) is 248 Å². The first-order valence-corrected chi connectivity index (χ1v) is 21.1. The van der Waals surface area contributed by atoms with Crippen molar-refractivity contribution in [1.82, 2.24) is 0 Å². The Morgan fingerprint density at radius 1 is 0.274 bits per heavy atom. The summed E-state index contributed by atoms with van der Waals surface area (Å²) in [7, 11) is 0. The molecule has 0 heterocycles. The van der Waals surface area contributed by atoms with Crippen molar-refractivity contribution in [3.63, 3.8) is 0 Å². The fraction of sp³-hybridized carbons (Fsp3) is 0. The van der Waals surface area contributed by atoms with Gasteiger partial charge >= 0.3 is 0 Å². The number of nitrogens with zero attached hydrogens (tertiary/aromatic N) is 1. The first kappa shape index (κ1) is 37.0. The van der Waals surface area contributed by atoms with Crippen LogP contribution in [0.1, 0.15) is 0 Å². The Balaban J connectivity index is 1.12. The summed E-state index contributed by atoms with van der Waals surface area (Å²) in [6.45, 7) is 0. The van der Waals surface area contributed by atoms with Gasteiger partial charge in [-0.1, -0.05) is 200 Å². The van der Waals surface area contributed by atoms with E-state index >= 15 is 4.39 Å². The lowest BCUT2D eigenvalue weighted by Gasteiger charge is -2.29. The molecule has 0 bridgehead atoms. The van der Waals surface area contributed by atoms with E-state index in [0.717, 1.165) is 55.7 Å². The van der Waals surface area contributed by atoms with Crippen molar-refractivity contribution < 1.29 is 4.39 Å². The number of fused-ring (bicyclic) bond motifs is 4. The Hall–Kier alpha value is -8.07. The van der Waals surface area contributed by atoms with E-state index in [0.29, 0.717) is 5.56 Å². The average Bonchev–Trinajstić information content (AvgIpc) is 3.34. The molecule has 292 valence electrons. The van der Waals surface area contributed by atoms with Gasteiger partial charge in [-0.15, -0.1) is 0 Å². The van der Waals surface area contributed by atoms with E-state index < -0.39 is 0 Å². The lowest BCUT2D eigenvalue weighted by molar-refractivity contribution is 0.631. The molecule has 62 heavy (non-hydrogen) atoms. The van der Waals surface area contributed by atoms with Crippen LogP contribution in [-0.2, 0) is 0 Å². The van der Waals surface area contributed by atoms with Crippen molar-refractivity contribution in [2.24, 2.45) is 0 Å². The monoisotopic (exact) mass is 793 g/mol. The summed E-state index contributed by atoms with van der Waals surface area (Å²) in [5.74, 6) is -0.234. The van der Waals surface area contributed by atoms with Crippen LogP contribution < -0.4 is 4.90 Å². The highest BCUT2D eigenvalue weighted by Gasteiger charge is 2.21. The smallest absolute Gasteiger partial charge is 0.131 e. The van der Waals surface area contributed by atoms with Crippen LogP contribution in [0.4, 0.5) is 21.5 Å². The zero-order valence-electron chi connectivity index (χ0n) is 33.9. The molecule has 0 fully saturated rings. The Bertz CT molecular complexity index is 3420. The summed E-state index contributed by atoms with van der Waals surface area (Å²) in [4.78, 5) is 2.39. The van der Waals surface area contributed by atoms with E-state index in [1.165, 1.54) is 49.9 Å². The van der Waals surface area contributed by atoms with Crippen LogP contribution in [-0.4, -0.2) is 0 Å². The van der Waals surface area contributed by atoms with Gasteiger partial charge in [-0.05, 0) is 119 Å². The molecule has 11 aromatic carbocycles. The number of hydrogen-bond donors (Lipinski definition) is 0. The lowest BCUT2D eigenvalue weighted by atomic mass is 9.90. The highest BCUT2D eigenvalue weighted by atomic mass is 19.1. The third-order valence-electron chi connectivity index (χ3n) is 12.1. The highest BCUT2D eigenvalue weighted by Crippen LogP contribution is 2.46. The molecule has 0 aliphatic rings. The van der Waals surface area contributed by atoms with Gasteiger partial charge in [-0.3, -0.25) is 0 Å². The first-order chi connectivity index (χ1) is 30.7. The lowest BCUT2D eigenvalue weighted by Crippen LogP contribution is -2.11. The van der Waals surface area contributed by atoms with Crippen molar-refractivity contribution in [2.45, 2.75) is 0 Å². The van der Waals surface area contributed by atoms with Crippen LogP contribution in [0, 0.1) is 5.82 Å².